The molecule has 46 heavy (non-hydrogen) atoms. The summed E-state index contributed by atoms with van der Waals surface area (Å²) in [5.74, 6) is -1.06. The van der Waals surface area contributed by atoms with Crippen molar-refractivity contribution in [1.82, 2.24) is 0 Å². The molecule has 0 radical (unpaired) electrons. The van der Waals surface area contributed by atoms with Crippen LogP contribution in [0.5, 0.6) is 0 Å². The number of carbonyl (C=O) groups excluding carboxylic acids is 2. The monoisotopic (exact) mass is 650 g/mol. The zero-order valence-corrected chi connectivity index (χ0v) is 25.2. The number of anilines is 2. The maximum atomic E-state index is 13.3. The molecule has 0 atom stereocenters. The lowest BCUT2D eigenvalue weighted by Crippen LogP contribution is -2.21. The normalized spacial score (nSPS) is 13.8. The Morgan fingerprint density at radius 2 is 0.870 bits per heavy atom. The third-order valence-corrected chi connectivity index (χ3v) is 10.2. The molecule has 0 aliphatic heterocycles. The van der Waals surface area contributed by atoms with Crippen LogP contribution < -0.4 is 9.44 Å². The molecule has 4 N–H and O–H groups in total. The van der Waals surface area contributed by atoms with Crippen molar-refractivity contribution in [2.24, 2.45) is 0 Å². The van der Waals surface area contributed by atoms with E-state index in [-0.39, 0.29) is 54.8 Å². The largest absolute Gasteiger partial charge is 0.412 e. The SMILES string of the molecule is N=[N+]=C1C=Cc2c(cccc2S(=O)(=O)Nc2ccc(-c3ccc(NS(=O)(=O)c4cccc5c4C=CC(=[N+]=N)C5=O)cc3)cc2)C1=O. The Morgan fingerprint density at radius 1 is 0.500 bits per heavy atom. The molecule has 4 aromatic rings. The molecule has 6 rings (SSSR count). The minimum atomic E-state index is -4.08. The molecule has 0 amide bonds. The molecule has 0 unspecified atom stereocenters. The Kier molecular flexibility index (Phi) is 7.48. The van der Waals surface area contributed by atoms with Gasteiger partial charge >= 0.3 is 11.4 Å². The van der Waals surface area contributed by atoms with Crippen molar-refractivity contribution in [2.45, 2.75) is 9.79 Å². The second kappa shape index (κ2) is 11.5. The van der Waals surface area contributed by atoms with Gasteiger partial charge in [-0.1, -0.05) is 48.5 Å². The lowest BCUT2D eigenvalue weighted by Gasteiger charge is -2.15. The van der Waals surface area contributed by atoms with Crippen molar-refractivity contribution in [2.75, 3.05) is 9.44 Å². The van der Waals surface area contributed by atoms with Gasteiger partial charge in [-0.05, 0) is 59.7 Å². The molecule has 0 saturated carbocycles. The molecule has 12 nitrogen and oxygen atoms in total. The maximum absolute atomic E-state index is 13.3. The molecule has 2 aliphatic rings. The zero-order chi connectivity index (χ0) is 32.6. The summed E-state index contributed by atoms with van der Waals surface area (Å²) in [6.07, 6.45) is 5.51. The highest BCUT2D eigenvalue weighted by Gasteiger charge is 2.33. The van der Waals surface area contributed by atoms with Crippen LogP contribution in [-0.2, 0) is 20.0 Å². The number of carbonyl (C=O) groups is 2. The van der Waals surface area contributed by atoms with Crippen LogP contribution in [-0.4, -0.2) is 49.4 Å². The summed E-state index contributed by atoms with van der Waals surface area (Å²) in [6.45, 7) is 0. The number of nitrogens with one attached hydrogen (secondary N) is 4. The van der Waals surface area contributed by atoms with Crippen LogP contribution in [0.2, 0.25) is 0 Å². The van der Waals surface area contributed by atoms with E-state index >= 15 is 0 Å². The van der Waals surface area contributed by atoms with Gasteiger partial charge in [-0.2, -0.15) is 0 Å². The van der Waals surface area contributed by atoms with Crippen molar-refractivity contribution in [3.8, 4) is 11.1 Å². The number of rotatable bonds is 7. The summed E-state index contributed by atoms with van der Waals surface area (Å²) < 4.78 is 58.1. The minimum absolute atomic E-state index is 0.0865. The van der Waals surface area contributed by atoms with E-state index in [1.54, 1.807) is 48.5 Å². The van der Waals surface area contributed by atoms with Crippen molar-refractivity contribution in [3.05, 3.63) is 119 Å². The summed E-state index contributed by atoms with van der Waals surface area (Å²) in [4.78, 5) is 31.2. The first kappa shape index (κ1) is 30.0. The van der Waals surface area contributed by atoms with Gasteiger partial charge in [0.1, 0.15) is 0 Å². The third kappa shape index (κ3) is 5.40. The molecule has 0 bridgehead atoms. The van der Waals surface area contributed by atoms with E-state index < -0.39 is 31.6 Å². The number of allylic oxidation sites excluding steroid dienone is 2. The number of benzene rings is 4. The van der Waals surface area contributed by atoms with Crippen LogP contribution in [0.4, 0.5) is 11.4 Å². The Labute approximate surface area is 262 Å². The van der Waals surface area contributed by atoms with Crippen molar-refractivity contribution >= 4 is 66.6 Å². The molecule has 226 valence electrons. The maximum Gasteiger partial charge on any atom is 0.412 e. The van der Waals surface area contributed by atoms with Crippen LogP contribution in [0.1, 0.15) is 31.8 Å². The molecule has 0 saturated heterocycles. The smallest absolute Gasteiger partial charge is 0.280 e. The second-order valence-electron chi connectivity index (χ2n) is 10.1. The van der Waals surface area contributed by atoms with Gasteiger partial charge in [0.05, 0.1) is 30.4 Å². The number of sulfonamides is 2. The van der Waals surface area contributed by atoms with Crippen LogP contribution >= 0.6 is 0 Å². The van der Waals surface area contributed by atoms with E-state index in [0.29, 0.717) is 0 Å². The minimum Gasteiger partial charge on any atom is -0.280 e. The van der Waals surface area contributed by atoms with E-state index in [1.807, 2.05) is 0 Å². The van der Waals surface area contributed by atoms with Crippen LogP contribution in [0.3, 0.4) is 0 Å². The van der Waals surface area contributed by atoms with Crippen molar-refractivity contribution in [1.29, 1.82) is 11.1 Å². The first-order valence-electron chi connectivity index (χ1n) is 13.5. The second-order valence-corrected chi connectivity index (χ2v) is 13.4. The van der Waals surface area contributed by atoms with E-state index in [9.17, 15) is 26.4 Å². The molecular weight excluding hydrogens is 629 g/mol. The molecule has 14 heteroatoms. The number of hydrogen-bond acceptors (Lipinski definition) is 8. The van der Waals surface area contributed by atoms with Gasteiger partial charge in [0.15, 0.2) is 0 Å². The standard InChI is InChI=1S/C32H20N6O6S2/c33-35-27-17-15-23-25(31(27)39)3-1-5-29(23)45(41,42)37-21-11-7-19(8-12-21)20-9-13-22(14-10-20)38-46(43,44)30-6-2-4-26-24(30)16-18-28(36-34)32(26)40/h1-18,33H,(H-,34,40)/p+2. The Bertz CT molecular complexity index is 2200. The van der Waals surface area contributed by atoms with Crippen LogP contribution in [0.15, 0.2) is 107 Å². The number of nitrogens with zero attached hydrogens (tertiary/aromatic N) is 2. The molecule has 0 spiro atoms. The van der Waals surface area contributed by atoms with Gasteiger partial charge in [0.25, 0.3) is 31.6 Å². The van der Waals surface area contributed by atoms with Gasteiger partial charge in [0.2, 0.25) is 0 Å². The molecule has 2 aliphatic carbocycles. The summed E-state index contributed by atoms with van der Waals surface area (Å²) in [7, 11) is -8.16. The first-order chi connectivity index (χ1) is 22.0. The summed E-state index contributed by atoms with van der Waals surface area (Å²) in [5, 5.41) is 0. The van der Waals surface area contributed by atoms with Gasteiger partial charge < -0.3 is 0 Å². The number of hydrogen-bond donors (Lipinski definition) is 4. The van der Waals surface area contributed by atoms with E-state index in [1.165, 1.54) is 60.7 Å². The van der Waals surface area contributed by atoms with E-state index in [4.69, 9.17) is 11.1 Å². The Hall–Kier alpha value is -6.04. The lowest BCUT2D eigenvalue weighted by molar-refractivity contribution is -0.117. The Balaban J connectivity index is 1.19. The average Bonchev–Trinajstić information content (AvgIpc) is 3.05. The zero-order valence-electron chi connectivity index (χ0n) is 23.6. The van der Waals surface area contributed by atoms with Crippen molar-refractivity contribution < 1.29 is 36.0 Å². The predicted octanol–water partition coefficient (Wildman–Crippen LogP) is 4.73. The molecule has 0 heterocycles. The quantitative estimate of drug-likeness (QED) is 0.164. The van der Waals surface area contributed by atoms with Crippen molar-refractivity contribution in [3.63, 3.8) is 0 Å². The van der Waals surface area contributed by atoms with Gasteiger partial charge in [-0.3, -0.25) is 19.0 Å². The van der Waals surface area contributed by atoms with Gasteiger partial charge in [-0.25, -0.2) is 16.8 Å². The highest BCUT2D eigenvalue weighted by molar-refractivity contribution is 7.93. The van der Waals surface area contributed by atoms with E-state index in [0.717, 1.165) is 11.1 Å². The fourth-order valence-electron chi connectivity index (χ4n) is 5.11. The lowest BCUT2D eigenvalue weighted by atomic mass is 9.95. The van der Waals surface area contributed by atoms with Gasteiger partial charge in [0, 0.05) is 45.8 Å². The molecule has 0 fully saturated rings. The summed E-state index contributed by atoms with van der Waals surface area (Å²) in [5.41, 5.74) is 16.8. The fraction of sp³-hybridized carbons (Fsp3) is 0. The van der Waals surface area contributed by atoms with Crippen LogP contribution in [0.25, 0.3) is 23.3 Å². The molecule has 0 aromatic heterocycles. The predicted molar refractivity (Wildman–Crippen MR) is 169 cm³/mol. The Morgan fingerprint density at radius 3 is 1.22 bits per heavy atom. The van der Waals surface area contributed by atoms with Gasteiger partial charge in [-0.15, -0.1) is 0 Å². The molecule has 4 aromatic carbocycles. The number of Topliss-reactive ketones (excluding diaryl/α,β-unsaturated/α-hetero) is 2. The average molecular weight is 651 g/mol. The fourth-order valence-corrected chi connectivity index (χ4v) is 7.67. The summed E-state index contributed by atoms with van der Waals surface area (Å²) >= 11 is 0. The topological polar surface area (TPSA) is 202 Å². The third-order valence-electron chi connectivity index (χ3n) is 7.33. The van der Waals surface area contributed by atoms with Crippen LogP contribution in [0, 0.1) is 11.1 Å². The number of ketones is 2. The highest BCUT2D eigenvalue weighted by Crippen LogP contribution is 2.30. The molecular formula is C32H22N6O6S2+2. The highest BCUT2D eigenvalue weighted by atomic mass is 32.2. The first-order valence-corrected chi connectivity index (χ1v) is 16.5. The summed E-state index contributed by atoms with van der Waals surface area (Å²) in [6, 6.07) is 21.8. The van der Waals surface area contributed by atoms with E-state index in [2.05, 4.69) is 19.0 Å². The number of fused-ring (bicyclic) bond motifs is 2.